The van der Waals surface area contributed by atoms with Crippen molar-refractivity contribution in [2.75, 3.05) is 19.6 Å². The molecule has 5 nitrogen and oxygen atoms in total. The summed E-state index contributed by atoms with van der Waals surface area (Å²) in [6, 6.07) is -0.748. The van der Waals surface area contributed by atoms with Gasteiger partial charge >= 0.3 is 12.0 Å². The minimum Gasteiger partial charge on any atom is -0.480 e. The summed E-state index contributed by atoms with van der Waals surface area (Å²) in [7, 11) is 0. The molecule has 1 N–H and O–H groups in total. The van der Waals surface area contributed by atoms with Gasteiger partial charge in [-0.05, 0) is 30.6 Å². The molecule has 0 aromatic carbocycles. The smallest absolute Gasteiger partial charge is 0.326 e. The van der Waals surface area contributed by atoms with Crippen LogP contribution in [0.4, 0.5) is 4.79 Å². The van der Waals surface area contributed by atoms with Crippen molar-refractivity contribution in [1.29, 1.82) is 0 Å². The van der Waals surface area contributed by atoms with Crippen LogP contribution in [-0.2, 0) is 4.79 Å². The molecular formula is C14H24N2O3. The standard InChI is InChI=1S/C14H24N2O3/c1-10-5-8-16(11(10)12(17)18)13(19)15-7-4-6-14(2,3)9-15/h10-11H,4-9H2,1-3H3,(H,17,18). The number of hydrogen-bond donors (Lipinski definition) is 1. The van der Waals surface area contributed by atoms with Gasteiger partial charge in [0.05, 0.1) is 0 Å². The highest BCUT2D eigenvalue weighted by atomic mass is 16.4. The van der Waals surface area contributed by atoms with Crippen LogP contribution in [0.3, 0.4) is 0 Å². The van der Waals surface area contributed by atoms with Crippen LogP contribution in [0.25, 0.3) is 0 Å². The highest BCUT2D eigenvalue weighted by Gasteiger charge is 2.42. The van der Waals surface area contributed by atoms with Gasteiger partial charge < -0.3 is 14.9 Å². The number of likely N-dealkylation sites (tertiary alicyclic amines) is 2. The van der Waals surface area contributed by atoms with Crippen LogP contribution in [0.1, 0.15) is 40.0 Å². The molecule has 2 fully saturated rings. The second kappa shape index (κ2) is 5.02. The molecule has 2 saturated heterocycles. The van der Waals surface area contributed by atoms with Gasteiger partial charge in [-0.1, -0.05) is 20.8 Å². The molecule has 2 atom stereocenters. The van der Waals surface area contributed by atoms with Crippen LogP contribution < -0.4 is 0 Å². The Morgan fingerprint density at radius 1 is 1.26 bits per heavy atom. The summed E-state index contributed by atoms with van der Waals surface area (Å²) in [6.45, 7) is 8.27. The van der Waals surface area contributed by atoms with Crippen molar-refractivity contribution >= 4 is 12.0 Å². The molecule has 0 radical (unpaired) electrons. The van der Waals surface area contributed by atoms with Crippen molar-refractivity contribution in [1.82, 2.24) is 9.80 Å². The summed E-state index contributed by atoms with van der Waals surface area (Å²) in [5.74, 6) is -0.839. The fraction of sp³-hybridized carbons (Fsp3) is 0.857. The molecule has 2 heterocycles. The lowest BCUT2D eigenvalue weighted by molar-refractivity contribution is -0.142. The number of carboxylic acids is 1. The Bertz CT molecular complexity index is 381. The van der Waals surface area contributed by atoms with Crippen LogP contribution in [0.15, 0.2) is 0 Å². The third-order valence-corrected chi connectivity index (χ3v) is 4.37. The number of rotatable bonds is 1. The second-order valence-corrected chi connectivity index (χ2v) is 6.71. The van der Waals surface area contributed by atoms with E-state index in [4.69, 9.17) is 0 Å². The Labute approximate surface area is 114 Å². The summed E-state index contributed by atoms with van der Waals surface area (Å²) in [5.41, 5.74) is 0.137. The Balaban J connectivity index is 2.09. The molecule has 108 valence electrons. The van der Waals surface area contributed by atoms with Crippen LogP contribution in [-0.4, -0.2) is 52.6 Å². The van der Waals surface area contributed by atoms with E-state index in [1.54, 1.807) is 4.90 Å². The normalized spacial score (nSPS) is 30.5. The lowest BCUT2D eigenvalue weighted by Gasteiger charge is -2.40. The molecule has 2 aliphatic heterocycles. The fourth-order valence-corrected chi connectivity index (χ4v) is 3.31. The molecule has 2 rings (SSSR count). The number of urea groups is 1. The highest BCUT2D eigenvalue weighted by Crippen LogP contribution is 2.31. The predicted octanol–water partition coefficient (Wildman–Crippen LogP) is 2.02. The predicted molar refractivity (Wildman–Crippen MR) is 71.9 cm³/mol. The number of piperidine rings is 1. The molecule has 0 aliphatic carbocycles. The van der Waals surface area contributed by atoms with Gasteiger partial charge in [0.1, 0.15) is 6.04 Å². The molecule has 2 aliphatic rings. The maximum atomic E-state index is 12.5. The van der Waals surface area contributed by atoms with Crippen LogP contribution in [0.2, 0.25) is 0 Å². The molecule has 0 spiro atoms. The number of hydrogen-bond acceptors (Lipinski definition) is 2. The zero-order valence-corrected chi connectivity index (χ0v) is 12.1. The van der Waals surface area contributed by atoms with Gasteiger partial charge in [-0.15, -0.1) is 0 Å². The van der Waals surface area contributed by atoms with Crippen molar-refractivity contribution in [3.05, 3.63) is 0 Å². The van der Waals surface area contributed by atoms with E-state index >= 15 is 0 Å². The zero-order chi connectivity index (χ0) is 14.2. The number of carboxylic acid groups (broad SMARTS) is 1. The van der Waals surface area contributed by atoms with Gasteiger partial charge in [0.2, 0.25) is 0 Å². The van der Waals surface area contributed by atoms with Gasteiger partial charge in [-0.2, -0.15) is 0 Å². The lowest BCUT2D eigenvalue weighted by Crippen LogP contribution is -2.53. The minimum absolute atomic E-state index is 0.0410. The topological polar surface area (TPSA) is 60.9 Å². The highest BCUT2D eigenvalue weighted by molar-refractivity contribution is 5.83. The lowest BCUT2D eigenvalue weighted by atomic mass is 9.84. The first-order valence-corrected chi connectivity index (χ1v) is 7.10. The Morgan fingerprint density at radius 2 is 1.95 bits per heavy atom. The van der Waals surface area contributed by atoms with Gasteiger partial charge in [0, 0.05) is 19.6 Å². The Kier molecular flexibility index (Phi) is 3.74. The average molecular weight is 268 g/mol. The summed E-state index contributed by atoms with van der Waals surface area (Å²) in [6.07, 6.45) is 2.90. The fourth-order valence-electron chi connectivity index (χ4n) is 3.31. The first-order valence-electron chi connectivity index (χ1n) is 7.10. The van der Waals surface area contributed by atoms with Crippen LogP contribution in [0.5, 0.6) is 0 Å². The first kappa shape index (κ1) is 14.2. The number of aliphatic carboxylic acids is 1. The average Bonchev–Trinajstić information content (AvgIpc) is 2.68. The molecule has 0 aromatic rings. The maximum absolute atomic E-state index is 12.5. The summed E-state index contributed by atoms with van der Waals surface area (Å²) < 4.78 is 0. The summed E-state index contributed by atoms with van der Waals surface area (Å²) in [4.78, 5) is 27.2. The minimum atomic E-state index is -0.880. The largest absolute Gasteiger partial charge is 0.480 e. The molecule has 5 heteroatoms. The Morgan fingerprint density at radius 3 is 2.53 bits per heavy atom. The van der Waals surface area contributed by atoms with E-state index in [0.29, 0.717) is 6.54 Å². The molecule has 0 aromatic heterocycles. The van der Waals surface area contributed by atoms with Crippen molar-refractivity contribution in [3.63, 3.8) is 0 Å². The van der Waals surface area contributed by atoms with Gasteiger partial charge in [-0.3, -0.25) is 0 Å². The van der Waals surface area contributed by atoms with Crippen molar-refractivity contribution in [2.24, 2.45) is 11.3 Å². The number of carbonyl (C=O) groups is 2. The third kappa shape index (κ3) is 2.85. The Hall–Kier alpha value is -1.26. The van der Waals surface area contributed by atoms with Gasteiger partial charge in [-0.25, -0.2) is 9.59 Å². The second-order valence-electron chi connectivity index (χ2n) is 6.71. The molecule has 0 bridgehead atoms. The molecule has 19 heavy (non-hydrogen) atoms. The summed E-state index contributed by atoms with van der Waals surface area (Å²) >= 11 is 0. The third-order valence-electron chi connectivity index (χ3n) is 4.37. The van der Waals surface area contributed by atoms with E-state index in [-0.39, 0.29) is 17.4 Å². The molecule has 0 saturated carbocycles. The number of amides is 2. The van der Waals surface area contributed by atoms with E-state index in [0.717, 1.165) is 32.4 Å². The van der Waals surface area contributed by atoms with Crippen molar-refractivity contribution < 1.29 is 14.7 Å². The van der Waals surface area contributed by atoms with E-state index in [1.807, 2.05) is 11.8 Å². The molecular weight excluding hydrogens is 244 g/mol. The zero-order valence-electron chi connectivity index (χ0n) is 12.1. The van der Waals surface area contributed by atoms with Gasteiger partial charge in [0.15, 0.2) is 0 Å². The maximum Gasteiger partial charge on any atom is 0.326 e. The van der Waals surface area contributed by atoms with Crippen molar-refractivity contribution in [2.45, 2.75) is 46.1 Å². The number of carbonyl (C=O) groups excluding carboxylic acids is 1. The quantitative estimate of drug-likeness (QED) is 0.791. The van der Waals surface area contributed by atoms with E-state index in [1.165, 1.54) is 0 Å². The SMILES string of the molecule is CC1CCN(C(=O)N2CCCC(C)(C)C2)C1C(=O)O. The molecule has 2 amide bonds. The van der Waals surface area contributed by atoms with Gasteiger partial charge in [0.25, 0.3) is 0 Å². The monoisotopic (exact) mass is 268 g/mol. The first-order chi connectivity index (χ1) is 8.82. The number of nitrogens with zero attached hydrogens (tertiary/aromatic N) is 2. The van der Waals surface area contributed by atoms with E-state index in [2.05, 4.69) is 13.8 Å². The van der Waals surface area contributed by atoms with E-state index in [9.17, 15) is 14.7 Å². The van der Waals surface area contributed by atoms with Crippen LogP contribution >= 0.6 is 0 Å². The van der Waals surface area contributed by atoms with Crippen molar-refractivity contribution in [3.8, 4) is 0 Å². The molecule has 2 unspecified atom stereocenters. The van der Waals surface area contributed by atoms with E-state index < -0.39 is 12.0 Å². The summed E-state index contributed by atoms with van der Waals surface area (Å²) in [5, 5.41) is 9.29. The van der Waals surface area contributed by atoms with Crippen LogP contribution in [0, 0.1) is 11.3 Å².